The number of hydrogen-bond acceptors (Lipinski definition) is 44. The standard InChI is InChI=1S/C6HF6NO4S2.C6H6FNO5S2.C3H2F7NO5S2.C3H4F5NO5S2.C3H5FNO5S2.C3H4FNO5S2.C2H3F4NO5S2.C2H4F3NO5S2.CH4FNO5S2/c7-1-2(8)4(10)6(5(11)3(1)9)18(14,15)13-19(12,16)17;7-14(9,10)8-15(11,12)13-6-4-2-1-3-5-6;4-2(5,6)1(3(7,8)9)16-18(14,15)11-17(10,12)13;4-2(5)3(6,7)1-14-16(12,13)9-15(8,10)11;2*1-2-3-10-12(8,9)5-11(4,6)7;3-2(4,5)1-12-14(10,11)7-13(6,8)9;3-2(4)1-11-13(9,10)6-12(5,7)8;1-8-10(6,7)3-9(2,4)5/h13H;1-5,8H;1,11H;2,9H,1H2;1-2,5H,3H2;1,5H,3H2;7H,1H2;2,6H,1H2;3H,1H3/q;;;;-1;;;;. The van der Waals surface area contributed by atoms with Crippen molar-refractivity contribution in [2.24, 2.45) is 0 Å². The van der Waals surface area contributed by atoms with Gasteiger partial charge in [-0.15, -0.1) is 6.42 Å². The second-order valence-corrected chi connectivity index (χ2v) is 42.1. The molecule has 2 aromatic rings. The van der Waals surface area contributed by atoms with Crippen LogP contribution < -0.4 is 41.3 Å². The highest BCUT2D eigenvalue weighted by molar-refractivity contribution is 8.04. The molecule has 2 aromatic carbocycles. The molecule has 0 saturated carbocycles. The second kappa shape index (κ2) is 52.2. The molecule has 100 heteroatoms. The summed E-state index contributed by atoms with van der Waals surface area (Å²) in [6.45, 7) is -2.64. The lowest BCUT2D eigenvalue weighted by atomic mass is 10.3. The fourth-order valence-corrected chi connectivity index (χ4v) is 17.5. The SMILES string of the molecule is C#CCOS(=O)(=O)NS(=O)(=O)F.COS(=O)(=O)NS(=O)(=O)F.O=S(=O)(F)NS(=O)(=O)OC(C(F)(F)F)C(F)(F)F.O=S(=O)(F)NS(=O)(=O)OCC(F)(F)C(F)F.O=S(=O)(F)NS(=O)(=O)OCC(F)(F)F.O=S(=O)(F)NS(=O)(=O)OCC(F)F.O=S(=O)(F)NS(=O)(=O)Oc1ccccc1.O=S(=O)(F)NS(=O)(=O)c1c(F)c(F)c(F)c(F)c1F.[CH-]=CCOS(=O)(=O)NS(=O)(=O)F. The lowest BCUT2D eigenvalue weighted by molar-refractivity contribution is -0.299. The van der Waals surface area contributed by atoms with Crippen LogP contribution in [0, 0.1) is 48.0 Å². The third kappa shape index (κ3) is 81.3. The molecule has 0 aromatic heterocycles. The van der Waals surface area contributed by atoms with Crippen LogP contribution in [0.3, 0.4) is 0 Å². The van der Waals surface area contributed by atoms with E-state index in [1.165, 1.54) is 24.3 Å². The van der Waals surface area contributed by atoms with Crippen molar-refractivity contribution in [2.75, 3.05) is 40.1 Å². The van der Waals surface area contributed by atoms with Gasteiger partial charge in [0.2, 0.25) is 5.82 Å². The summed E-state index contributed by atoms with van der Waals surface area (Å²) in [7, 11) is -96.0. The maximum Gasteiger partial charge on any atom is 0.425 e. The van der Waals surface area contributed by atoms with E-state index in [0.29, 0.717) is 27.7 Å². The molecule has 0 aliphatic heterocycles. The molecule has 0 saturated heterocycles. The Labute approximate surface area is 705 Å². The summed E-state index contributed by atoms with van der Waals surface area (Å²) in [5.74, 6) is -16.8. The van der Waals surface area contributed by atoms with E-state index in [1.807, 2.05) is 0 Å². The predicted molar refractivity (Wildman–Crippen MR) is 345 cm³/mol. The number of para-hydroxylation sites is 1. The molecule has 0 amide bonds. The first-order valence-electron chi connectivity index (χ1n) is 25.6. The van der Waals surface area contributed by atoms with Crippen LogP contribution in [0.2, 0.25) is 0 Å². The van der Waals surface area contributed by atoms with Crippen molar-refractivity contribution in [3.05, 3.63) is 72.1 Å². The first kappa shape index (κ1) is 136. The molecule has 2 rings (SSSR count). The third-order valence-corrected chi connectivity index (χ3v) is 26.3. The molecule has 0 atom stereocenters. The first-order chi connectivity index (χ1) is 55.9. The number of alkyl halides is 15. The van der Waals surface area contributed by atoms with Crippen molar-refractivity contribution in [3.8, 4) is 18.1 Å². The second-order valence-electron chi connectivity index (χ2n) is 17.7. The molecular formula is C29H33F29N9O44S18-. The summed E-state index contributed by atoms with van der Waals surface area (Å²) >= 11 is 0. The van der Waals surface area contributed by atoms with E-state index in [4.69, 9.17) is 6.58 Å². The minimum Gasteiger partial charge on any atom is -0.516 e. The van der Waals surface area contributed by atoms with Crippen LogP contribution >= 0.6 is 0 Å². The van der Waals surface area contributed by atoms with Gasteiger partial charge in [-0.25, -0.2) is 66.6 Å². The zero-order valence-electron chi connectivity index (χ0n) is 57.7. The molecule has 0 radical (unpaired) electrons. The van der Waals surface area contributed by atoms with E-state index in [1.54, 1.807) is 12.0 Å². The number of sulfonamides is 1. The van der Waals surface area contributed by atoms with Gasteiger partial charge in [0.25, 0.3) is 22.6 Å². The van der Waals surface area contributed by atoms with Crippen molar-refractivity contribution >= 4 is 186 Å². The largest absolute Gasteiger partial charge is 0.516 e. The van der Waals surface area contributed by atoms with Crippen LogP contribution in [0.1, 0.15) is 0 Å². The van der Waals surface area contributed by atoms with Gasteiger partial charge in [-0.2, -0.15) is 191 Å². The Morgan fingerprint density at radius 2 is 0.643 bits per heavy atom. The predicted octanol–water partition coefficient (Wildman–Crippen LogP) is -3.18. The minimum absolute atomic E-state index is 0.109. The molecule has 0 heterocycles. The fraction of sp³-hybridized carbons (Fsp3) is 0.448. The van der Waals surface area contributed by atoms with Crippen LogP contribution in [0.25, 0.3) is 0 Å². The van der Waals surface area contributed by atoms with E-state index >= 15 is 0 Å². The van der Waals surface area contributed by atoms with E-state index < -0.39 is 297 Å². The monoisotopic (exact) mass is 2340 g/mol. The summed E-state index contributed by atoms with van der Waals surface area (Å²) in [4.78, 5) is -2.51. The molecule has 0 aliphatic carbocycles. The number of rotatable bonds is 38. The molecule has 770 valence electrons. The molecule has 0 fully saturated rings. The van der Waals surface area contributed by atoms with Gasteiger partial charge in [0.15, 0.2) is 34.8 Å². The van der Waals surface area contributed by atoms with Gasteiger partial charge >= 0.3 is 207 Å². The molecule has 0 spiro atoms. The summed E-state index contributed by atoms with van der Waals surface area (Å²) in [6.07, 6.45) is -24.1. The minimum atomic E-state index is -6.20. The number of nitrogens with one attached hydrogen (secondary N) is 9. The van der Waals surface area contributed by atoms with Gasteiger partial charge in [-0.05, 0) is 16.3 Å². The number of benzene rings is 2. The Bertz CT molecular complexity index is 6310. The normalized spacial score (nSPS) is 13.5. The number of hydrogen-bond donors (Lipinski definition) is 9. The zero-order valence-corrected chi connectivity index (χ0v) is 72.4. The van der Waals surface area contributed by atoms with Crippen molar-refractivity contribution in [1.29, 1.82) is 0 Å². The molecular weight excluding hydrogens is 2310 g/mol. The van der Waals surface area contributed by atoms with E-state index in [9.17, 15) is 274 Å². The highest BCUT2D eigenvalue weighted by Gasteiger charge is 2.60. The molecule has 0 bridgehead atoms. The van der Waals surface area contributed by atoms with Crippen LogP contribution in [0.5, 0.6) is 5.75 Å². The Morgan fingerprint density at radius 3 is 0.907 bits per heavy atom. The maximum atomic E-state index is 13.0. The van der Waals surface area contributed by atoms with Crippen molar-refractivity contribution < 1.29 is 308 Å². The molecule has 0 aliphatic rings. The summed E-state index contributed by atoms with van der Waals surface area (Å²) in [5, 5.41) is 0. The maximum absolute atomic E-state index is 13.0. The van der Waals surface area contributed by atoms with Gasteiger partial charge in [0, 0.05) is 0 Å². The van der Waals surface area contributed by atoms with Crippen LogP contribution in [-0.4, -0.2) is 235 Å². The van der Waals surface area contributed by atoms with Gasteiger partial charge < -0.3 is 10.8 Å². The first-order valence-corrected chi connectivity index (χ1v) is 50.8. The van der Waals surface area contributed by atoms with E-state index in [-0.39, 0.29) is 22.3 Å². The van der Waals surface area contributed by atoms with Gasteiger partial charge in [0.1, 0.15) is 25.6 Å². The highest BCUT2D eigenvalue weighted by Crippen LogP contribution is 2.37. The average molecular weight is 2340 g/mol. The van der Waals surface area contributed by atoms with Crippen LogP contribution in [-0.2, 0) is 215 Å². The highest BCUT2D eigenvalue weighted by atomic mass is 32.3. The quantitative estimate of drug-likeness (QED) is 0.00799. The molecule has 9 N–H and O–H groups in total. The molecule has 0 unspecified atom stereocenters. The Hall–Kier alpha value is -6.03. The molecule has 53 nitrogen and oxygen atoms in total. The van der Waals surface area contributed by atoms with E-state index in [2.05, 4.69) is 39.9 Å². The zero-order chi connectivity index (χ0) is 105. The molecule has 129 heavy (non-hydrogen) atoms. The lowest BCUT2D eigenvalue weighted by Gasteiger charge is -2.21. The Kier molecular flexibility index (Phi) is 55.0. The third-order valence-electron chi connectivity index (χ3n) is 7.32. The Morgan fingerprint density at radius 1 is 0.372 bits per heavy atom. The number of terminal acetylenes is 1. The summed E-state index contributed by atoms with van der Waals surface area (Å²) < 4.78 is 739. The van der Waals surface area contributed by atoms with Gasteiger partial charge in [-0.1, -0.05) is 92.1 Å². The van der Waals surface area contributed by atoms with E-state index in [0.717, 1.165) is 6.08 Å². The lowest BCUT2D eigenvalue weighted by Crippen LogP contribution is -2.47. The average Bonchev–Trinajstić information content (AvgIpc) is 0.758. The summed E-state index contributed by atoms with van der Waals surface area (Å²) in [6, 6.07) is 7.07. The van der Waals surface area contributed by atoms with Gasteiger partial charge in [-0.3, -0.25) is 16.7 Å². The summed E-state index contributed by atoms with van der Waals surface area (Å²) in [5.41, 5.74) is 0. The smallest absolute Gasteiger partial charge is 0.425 e. The Balaban J connectivity index is -0.000000261. The van der Waals surface area contributed by atoms with Gasteiger partial charge in [0.05, 0.1) is 13.7 Å². The fourth-order valence-electron chi connectivity index (χ4n) is 3.93. The van der Waals surface area contributed by atoms with Crippen molar-refractivity contribution in [3.63, 3.8) is 0 Å². The van der Waals surface area contributed by atoms with Crippen molar-refractivity contribution in [2.45, 2.75) is 48.3 Å². The number of halogens is 29. The van der Waals surface area contributed by atoms with Crippen LogP contribution in [0.15, 0.2) is 41.3 Å². The topological polar surface area (TPSA) is 797 Å². The van der Waals surface area contributed by atoms with Crippen LogP contribution in [0.4, 0.5) is 123 Å². The van der Waals surface area contributed by atoms with Crippen molar-refractivity contribution in [1.82, 2.24) is 37.1 Å².